The minimum Gasteiger partial charge on any atom is -0.368 e. The van der Waals surface area contributed by atoms with Crippen LogP contribution in [0.2, 0.25) is 5.02 Å². The lowest BCUT2D eigenvalue weighted by atomic mass is 10.2. The van der Waals surface area contributed by atoms with Crippen LogP contribution in [0.5, 0.6) is 0 Å². The molecule has 3 aromatic rings. The van der Waals surface area contributed by atoms with Crippen LogP contribution in [-0.4, -0.2) is 34.1 Å². The molecule has 168 valence electrons. The number of alkyl halides is 3. The second kappa shape index (κ2) is 10.1. The normalized spacial score (nSPS) is 11.0. The fourth-order valence-corrected chi connectivity index (χ4v) is 2.88. The van der Waals surface area contributed by atoms with Gasteiger partial charge in [-0.1, -0.05) is 17.7 Å². The Labute approximate surface area is 186 Å². The zero-order chi connectivity index (χ0) is 23.1. The third-order valence-corrected chi connectivity index (χ3v) is 4.33. The quantitative estimate of drug-likeness (QED) is 0.373. The molecule has 4 N–H and O–H groups in total. The number of rotatable bonds is 7. The summed E-state index contributed by atoms with van der Waals surface area (Å²) < 4.78 is 38.7. The van der Waals surface area contributed by atoms with Crippen molar-refractivity contribution in [1.82, 2.24) is 20.3 Å². The minimum atomic E-state index is -4.62. The van der Waals surface area contributed by atoms with Crippen molar-refractivity contribution in [2.45, 2.75) is 13.1 Å². The van der Waals surface area contributed by atoms with Crippen molar-refractivity contribution >= 4 is 40.8 Å². The number of carbonyl (C=O) groups excluding carboxylic acids is 1. The maximum Gasteiger partial charge on any atom is 0.417 e. The van der Waals surface area contributed by atoms with Gasteiger partial charge in [0, 0.05) is 31.0 Å². The standard InChI is InChI=1S/C20H19ClF3N7O/c1-12-28-17(11-18(29-12)31-16-4-2-3-7-25-16)26-8-9-27-19(32)30-13-5-6-15(21)14(10-13)20(22,23)24/h2-7,10-11H,8-9H2,1H3,(H2,27,30,32)(H2,25,26,28,29,31). The molecule has 32 heavy (non-hydrogen) atoms. The molecule has 12 heteroatoms. The molecule has 0 saturated carbocycles. The van der Waals surface area contributed by atoms with Gasteiger partial charge in [0.15, 0.2) is 0 Å². The summed E-state index contributed by atoms with van der Waals surface area (Å²) in [4.78, 5) is 24.7. The number of nitrogens with one attached hydrogen (secondary N) is 4. The molecule has 0 aliphatic carbocycles. The number of aromatic nitrogens is 3. The Hall–Kier alpha value is -3.60. The highest BCUT2D eigenvalue weighted by Gasteiger charge is 2.33. The third kappa shape index (κ3) is 6.71. The zero-order valence-electron chi connectivity index (χ0n) is 16.8. The van der Waals surface area contributed by atoms with Crippen molar-refractivity contribution < 1.29 is 18.0 Å². The molecular weight excluding hydrogens is 447 g/mol. The number of hydrogen-bond acceptors (Lipinski definition) is 6. The number of nitrogens with zero attached hydrogens (tertiary/aromatic N) is 3. The summed E-state index contributed by atoms with van der Waals surface area (Å²) in [5.41, 5.74) is -1.04. The molecule has 0 spiro atoms. The summed E-state index contributed by atoms with van der Waals surface area (Å²) in [5, 5.41) is 10.6. The fraction of sp³-hybridized carbons (Fsp3) is 0.200. The lowest BCUT2D eigenvalue weighted by molar-refractivity contribution is -0.137. The van der Waals surface area contributed by atoms with Crippen LogP contribution < -0.4 is 21.3 Å². The van der Waals surface area contributed by atoms with Crippen molar-refractivity contribution in [2.75, 3.05) is 29.0 Å². The van der Waals surface area contributed by atoms with Gasteiger partial charge in [0.1, 0.15) is 23.3 Å². The smallest absolute Gasteiger partial charge is 0.368 e. The monoisotopic (exact) mass is 465 g/mol. The Morgan fingerprint density at radius 1 is 1.03 bits per heavy atom. The van der Waals surface area contributed by atoms with Gasteiger partial charge < -0.3 is 21.3 Å². The fourth-order valence-electron chi connectivity index (χ4n) is 2.65. The first kappa shape index (κ1) is 23.1. The molecule has 2 amide bonds. The van der Waals surface area contributed by atoms with Crippen LogP contribution in [0.1, 0.15) is 11.4 Å². The first-order valence-corrected chi connectivity index (χ1v) is 9.78. The Morgan fingerprint density at radius 2 is 1.81 bits per heavy atom. The molecule has 2 heterocycles. The van der Waals surface area contributed by atoms with Crippen LogP contribution in [0.25, 0.3) is 0 Å². The van der Waals surface area contributed by atoms with E-state index >= 15 is 0 Å². The maximum atomic E-state index is 12.9. The van der Waals surface area contributed by atoms with E-state index in [-0.39, 0.29) is 12.2 Å². The van der Waals surface area contributed by atoms with Gasteiger partial charge in [-0.15, -0.1) is 0 Å². The van der Waals surface area contributed by atoms with E-state index in [9.17, 15) is 18.0 Å². The van der Waals surface area contributed by atoms with E-state index < -0.39 is 22.8 Å². The van der Waals surface area contributed by atoms with Crippen molar-refractivity contribution in [3.8, 4) is 0 Å². The molecule has 2 aromatic heterocycles. The summed E-state index contributed by atoms with van der Waals surface area (Å²) in [5.74, 6) is 2.24. The summed E-state index contributed by atoms with van der Waals surface area (Å²) in [6.45, 7) is 2.25. The second-order valence-corrected chi connectivity index (χ2v) is 6.93. The van der Waals surface area contributed by atoms with E-state index in [1.165, 1.54) is 6.07 Å². The van der Waals surface area contributed by atoms with Gasteiger partial charge in [0.25, 0.3) is 0 Å². The Morgan fingerprint density at radius 3 is 2.53 bits per heavy atom. The second-order valence-electron chi connectivity index (χ2n) is 6.53. The van der Waals surface area contributed by atoms with Crippen LogP contribution in [0, 0.1) is 6.92 Å². The number of hydrogen-bond donors (Lipinski definition) is 4. The van der Waals surface area contributed by atoms with E-state index in [2.05, 4.69) is 36.2 Å². The topological polar surface area (TPSA) is 104 Å². The lowest BCUT2D eigenvalue weighted by Crippen LogP contribution is -2.32. The summed E-state index contributed by atoms with van der Waals surface area (Å²) in [6, 6.07) is 9.62. The highest BCUT2D eigenvalue weighted by molar-refractivity contribution is 6.31. The molecule has 0 radical (unpaired) electrons. The Kier molecular flexibility index (Phi) is 7.31. The average Bonchev–Trinajstić information content (AvgIpc) is 2.72. The van der Waals surface area contributed by atoms with Crippen LogP contribution in [0.15, 0.2) is 48.7 Å². The van der Waals surface area contributed by atoms with Crippen LogP contribution in [0.3, 0.4) is 0 Å². The molecule has 8 nitrogen and oxygen atoms in total. The summed E-state index contributed by atoms with van der Waals surface area (Å²) in [6.07, 6.45) is -2.96. The van der Waals surface area contributed by atoms with Crippen molar-refractivity contribution in [1.29, 1.82) is 0 Å². The maximum absolute atomic E-state index is 12.9. The highest BCUT2D eigenvalue weighted by atomic mass is 35.5. The first-order valence-electron chi connectivity index (χ1n) is 9.40. The molecule has 0 bridgehead atoms. The molecule has 0 fully saturated rings. The van der Waals surface area contributed by atoms with Crippen LogP contribution >= 0.6 is 11.6 Å². The Bertz CT molecular complexity index is 1080. The predicted octanol–water partition coefficient (Wildman–Crippen LogP) is 4.83. The SMILES string of the molecule is Cc1nc(NCCNC(=O)Nc2ccc(Cl)c(C(F)(F)F)c2)cc(Nc2ccccn2)n1. The number of urea groups is 1. The Balaban J connectivity index is 1.49. The minimum absolute atomic E-state index is 0.0242. The molecule has 0 atom stereocenters. The zero-order valence-corrected chi connectivity index (χ0v) is 17.6. The van der Waals surface area contributed by atoms with Gasteiger partial charge in [-0.05, 0) is 37.3 Å². The van der Waals surface area contributed by atoms with E-state index in [0.29, 0.717) is 29.8 Å². The molecule has 0 aliphatic heterocycles. The molecule has 0 aliphatic rings. The highest BCUT2D eigenvalue weighted by Crippen LogP contribution is 2.36. The van der Waals surface area contributed by atoms with Crippen molar-refractivity contribution in [3.05, 3.63) is 65.1 Å². The average molecular weight is 466 g/mol. The number of benzene rings is 1. The molecular formula is C20H19ClF3N7O. The van der Waals surface area contributed by atoms with E-state index in [1.807, 2.05) is 6.07 Å². The van der Waals surface area contributed by atoms with Gasteiger partial charge in [-0.25, -0.2) is 19.7 Å². The first-order chi connectivity index (χ1) is 15.2. The predicted molar refractivity (Wildman–Crippen MR) is 116 cm³/mol. The molecule has 3 rings (SSSR count). The van der Waals surface area contributed by atoms with E-state index in [1.54, 1.807) is 31.3 Å². The molecule has 0 saturated heterocycles. The van der Waals surface area contributed by atoms with Gasteiger partial charge in [-0.3, -0.25) is 0 Å². The van der Waals surface area contributed by atoms with Gasteiger partial charge in [-0.2, -0.15) is 13.2 Å². The van der Waals surface area contributed by atoms with Gasteiger partial charge >= 0.3 is 12.2 Å². The van der Waals surface area contributed by atoms with Crippen LogP contribution in [-0.2, 0) is 6.18 Å². The van der Waals surface area contributed by atoms with Gasteiger partial charge in [0.2, 0.25) is 0 Å². The van der Waals surface area contributed by atoms with E-state index in [4.69, 9.17) is 11.6 Å². The number of carbonyl (C=O) groups is 1. The number of amides is 2. The van der Waals surface area contributed by atoms with Crippen molar-refractivity contribution in [3.63, 3.8) is 0 Å². The van der Waals surface area contributed by atoms with Gasteiger partial charge in [0.05, 0.1) is 10.6 Å². The number of halogens is 4. The number of anilines is 4. The third-order valence-electron chi connectivity index (χ3n) is 4.01. The molecule has 0 unspecified atom stereocenters. The van der Waals surface area contributed by atoms with Crippen molar-refractivity contribution in [2.24, 2.45) is 0 Å². The number of aryl methyl sites for hydroxylation is 1. The summed E-state index contributed by atoms with van der Waals surface area (Å²) in [7, 11) is 0. The largest absolute Gasteiger partial charge is 0.417 e. The number of pyridine rings is 1. The summed E-state index contributed by atoms with van der Waals surface area (Å²) >= 11 is 5.57. The van der Waals surface area contributed by atoms with E-state index in [0.717, 1.165) is 12.1 Å². The lowest BCUT2D eigenvalue weighted by Gasteiger charge is -2.13. The van der Waals surface area contributed by atoms with Crippen LogP contribution in [0.4, 0.5) is 41.1 Å². The molecule has 1 aromatic carbocycles.